The van der Waals surface area contributed by atoms with Crippen molar-refractivity contribution in [2.24, 2.45) is 0 Å². The maximum absolute atomic E-state index is 12.2. The number of carbonyl (C=O) groups excluding carboxylic acids is 1. The van der Waals surface area contributed by atoms with Crippen molar-refractivity contribution in [1.29, 1.82) is 0 Å². The van der Waals surface area contributed by atoms with E-state index in [1.54, 1.807) is 18.4 Å². The first-order valence-corrected chi connectivity index (χ1v) is 9.16. The highest BCUT2D eigenvalue weighted by Crippen LogP contribution is 2.18. The summed E-state index contributed by atoms with van der Waals surface area (Å²) in [6.07, 6.45) is 7.04. The molecule has 1 atom stereocenters. The van der Waals surface area contributed by atoms with Crippen LogP contribution < -0.4 is 5.32 Å². The highest BCUT2D eigenvalue weighted by Gasteiger charge is 2.23. The van der Waals surface area contributed by atoms with Gasteiger partial charge in [0.05, 0.1) is 12.8 Å². The molecule has 1 aliphatic heterocycles. The first-order valence-electron chi connectivity index (χ1n) is 9.16. The van der Waals surface area contributed by atoms with Crippen molar-refractivity contribution in [2.75, 3.05) is 39.3 Å². The molecule has 1 aromatic rings. The van der Waals surface area contributed by atoms with Gasteiger partial charge in [-0.2, -0.15) is 0 Å². The number of rotatable bonds is 6. The molecule has 1 saturated carbocycles. The van der Waals surface area contributed by atoms with Gasteiger partial charge >= 0.3 is 0 Å². The fraction of sp³-hybridized carbons (Fsp3) is 0.722. The van der Waals surface area contributed by atoms with Crippen LogP contribution in [0.5, 0.6) is 0 Å². The number of amides is 1. The second-order valence-corrected chi connectivity index (χ2v) is 7.01. The normalized spacial score (nSPS) is 20.7. The van der Waals surface area contributed by atoms with E-state index >= 15 is 0 Å². The predicted octanol–water partition coefficient (Wildman–Crippen LogP) is 2.22. The summed E-state index contributed by atoms with van der Waals surface area (Å²) in [5, 5.41) is 13.3. The van der Waals surface area contributed by atoms with Crippen LogP contribution in [0.15, 0.2) is 22.8 Å². The second kappa shape index (κ2) is 11.8. The van der Waals surface area contributed by atoms with E-state index < -0.39 is 6.10 Å². The number of aliphatic hydroxyl groups is 1. The number of β-amino-alcohol motifs (C(OH)–C–C–N with tert-alkyl or cyclic N) is 1. The molecular weight excluding hydrogens is 377 g/mol. The summed E-state index contributed by atoms with van der Waals surface area (Å²) in [6, 6.07) is 3.98. The van der Waals surface area contributed by atoms with Gasteiger partial charge in [-0.05, 0) is 25.0 Å². The van der Waals surface area contributed by atoms with Gasteiger partial charge in [0, 0.05) is 38.8 Å². The summed E-state index contributed by atoms with van der Waals surface area (Å²) in [5.74, 6) is 0.773. The van der Waals surface area contributed by atoms with Crippen molar-refractivity contribution in [3.63, 3.8) is 0 Å². The van der Waals surface area contributed by atoms with Crippen LogP contribution in [-0.4, -0.2) is 66.1 Å². The van der Waals surface area contributed by atoms with Gasteiger partial charge in [-0.1, -0.05) is 19.3 Å². The fourth-order valence-electron chi connectivity index (χ4n) is 3.67. The Morgan fingerprint density at radius 3 is 2.42 bits per heavy atom. The molecule has 2 heterocycles. The predicted molar refractivity (Wildman–Crippen MR) is 106 cm³/mol. The number of nitrogens with zero attached hydrogens (tertiary/aromatic N) is 2. The molecule has 1 amide bonds. The smallest absolute Gasteiger partial charge is 0.234 e. The summed E-state index contributed by atoms with van der Waals surface area (Å²) in [4.78, 5) is 16.6. The zero-order valence-corrected chi connectivity index (χ0v) is 16.8. The molecular formula is C18H31Cl2N3O3. The number of furan rings is 1. The molecule has 2 N–H and O–H groups in total. The minimum absolute atomic E-state index is 0. The zero-order chi connectivity index (χ0) is 16.8. The number of hydrogen-bond acceptors (Lipinski definition) is 5. The highest BCUT2D eigenvalue weighted by atomic mass is 35.5. The van der Waals surface area contributed by atoms with Gasteiger partial charge in [0.15, 0.2) is 0 Å². The van der Waals surface area contributed by atoms with Gasteiger partial charge in [0.25, 0.3) is 0 Å². The Kier molecular flexibility index (Phi) is 10.6. The van der Waals surface area contributed by atoms with Crippen LogP contribution in [0.1, 0.15) is 44.0 Å². The van der Waals surface area contributed by atoms with E-state index in [2.05, 4.69) is 15.1 Å². The SMILES string of the molecule is Cl.Cl.O=C(CN1CCN(CC(O)c2ccco2)CC1)NC1CCCCC1. The van der Waals surface area contributed by atoms with Crippen LogP contribution >= 0.6 is 24.8 Å². The molecule has 6 nitrogen and oxygen atoms in total. The van der Waals surface area contributed by atoms with Crippen molar-refractivity contribution in [3.8, 4) is 0 Å². The average Bonchev–Trinajstić information content (AvgIpc) is 3.12. The van der Waals surface area contributed by atoms with E-state index in [1.807, 2.05) is 0 Å². The van der Waals surface area contributed by atoms with Crippen molar-refractivity contribution < 1.29 is 14.3 Å². The molecule has 26 heavy (non-hydrogen) atoms. The minimum Gasteiger partial charge on any atom is -0.467 e. The molecule has 0 radical (unpaired) electrons. The van der Waals surface area contributed by atoms with Crippen molar-refractivity contribution in [3.05, 3.63) is 24.2 Å². The van der Waals surface area contributed by atoms with Crippen LogP contribution in [0.3, 0.4) is 0 Å². The van der Waals surface area contributed by atoms with Crippen molar-refractivity contribution >= 4 is 30.7 Å². The Balaban J connectivity index is 0.00000169. The number of carbonyl (C=O) groups is 1. The molecule has 2 fully saturated rings. The average molecular weight is 408 g/mol. The van der Waals surface area contributed by atoms with E-state index in [0.717, 1.165) is 39.0 Å². The molecule has 150 valence electrons. The lowest BCUT2D eigenvalue weighted by atomic mass is 9.95. The first-order chi connectivity index (χ1) is 11.7. The molecule has 1 unspecified atom stereocenters. The fourth-order valence-corrected chi connectivity index (χ4v) is 3.67. The molecule has 8 heteroatoms. The maximum Gasteiger partial charge on any atom is 0.234 e. The van der Waals surface area contributed by atoms with Gasteiger partial charge in [-0.25, -0.2) is 0 Å². The number of halogens is 2. The Morgan fingerprint density at radius 2 is 1.81 bits per heavy atom. The van der Waals surface area contributed by atoms with Crippen molar-refractivity contribution in [2.45, 2.75) is 44.2 Å². The van der Waals surface area contributed by atoms with Gasteiger partial charge in [-0.3, -0.25) is 14.6 Å². The van der Waals surface area contributed by atoms with Crippen LogP contribution in [0.2, 0.25) is 0 Å². The van der Waals surface area contributed by atoms with E-state index in [4.69, 9.17) is 4.42 Å². The summed E-state index contributed by atoms with van der Waals surface area (Å²) in [5.41, 5.74) is 0. The topological polar surface area (TPSA) is 69.0 Å². The van der Waals surface area contributed by atoms with Gasteiger partial charge in [0.2, 0.25) is 5.91 Å². The maximum atomic E-state index is 12.2. The Morgan fingerprint density at radius 1 is 1.15 bits per heavy atom. The third kappa shape index (κ3) is 7.08. The van der Waals surface area contributed by atoms with Gasteiger partial charge in [0.1, 0.15) is 11.9 Å². The Hall–Kier alpha value is -0.790. The molecule has 1 aliphatic carbocycles. The standard InChI is InChI=1S/C18H29N3O3.2ClH/c22-16(17-7-4-12-24-17)13-20-8-10-21(11-9-20)14-18(23)19-15-5-2-1-3-6-15;;/h4,7,12,15-16,22H,1-3,5-6,8-11,13-14H2,(H,19,23);2*1H. The Labute approximate surface area is 168 Å². The lowest BCUT2D eigenvalue weighted by Gasteiger charge is -2.35. The van der Waals surface area contributed by atoms with E-state index in [-0.39, 0.29) is 30.7 Å². The third-order valence-electron chi connectivity index (χ3n) is 5.11. The van der Waals surface area contributed by atoms with E-state index in [1.165, 1.54) is 19.3 Å². The molecule has 3 rings (SSSR count). The number of hydrogen-bond donors (Lipinski definition) is 2. The molecule has 1 saturated heterocycles. The number of aliphatic hydroxyl groups excluding tert-OH is 1. The summed E-state index contributed by atoms with van der Waals surface area (Å²) in [7, 11) is 0. The highest BCUT2D eigenvalue weighted by molar-refractivity contribution is 5.85. The second-order valence-electron chi connectivity index (χ2n) is 7.01. The molecule has 1 aromatic heterocycles. The lowest BCUT2D eigenvalue weighted by molar-refractivity contribution is -0.123. The lowest BCUT2D eigenvalue weighted by Crippen LogP contribution is -2.51. The number of nitrogens with one attached hydrogen (secondary N) is 1. The largest absolute Gasteiger partial charge is 0.467 e. The Bertz CT molecular complexity index is 502. The number of piperazine rings is 1. The van der Waals surface area contributed by atoms with Crippen LogP contribution in [0, 0.1) is 0 Å². The van der Waals surface area contributed by atoms with Crippen LogP contribution in [0.4, 0.5) is 0 Å². The quantitative estimate of drug-likeness (QED) is 0.756. The van der Waals surface area contributed by atoms with Crippen LogP contribution in [0.25, 0.3) is 0 Å². The van der Waals surface area contributed by atoms with Crippen LogP contribution in [-0.2, 0) is 4.79 Å². The summed E-state index contributed by atoms with van der Waals surface area (Å²) < 4.78 is 5.24. The van der Waals surface area contributed by atoms with E-state index in [9.17, 15) is 9.90 Å². The molecule has 2 aliphatic rings. The zero-order valence-electron chi connectivity index (χ0n) is 15.1. The third-order valence-corrected chi connectivity index (χ3v) is 5.11. The summed E-state index contributed by atoms with van der Waals surface area (Å²) in [6.45, 7) is 4.54. The summed E-state index contributed by atoms with van der Waals surface area (Å²) >= 11 is 0. The van der Waals surface area contributed by atoms with Crippen molar-refractivity contribution in [1.82, 2.24) is 15.1 Å². The molecule has 0 bridgehead atoms. The first kappa shape index (κ1) is 23.2. The van der Waals surface area contributed by atoms with Gasteiger partial charge in [-0.15, -0.1) is 24.8 Å². The van der Waals surface area contributed by atoms with E-state index in [0.29, 0.717) is 24.9 Å². The monoisotopic (exact) mass is 407 g/mol. The molecule has 0 aromatic carbocycles. The molecule has 0 spiro atoms. The van der Waals surface area contributed by atoms with Gasteiger partial charge < -0.3 is 14.8 Å². The minimum atomic E-state index is -0.582.